The number of rotatable bonds is 6. The van der Waals surface area contributed by atoms with Crippen molar-refractivity contribution in [3.63, 3.8) is 0 Å². The molecular weight excluding hydrogens is 469 g/mol. The summed E-state index contributed by atoms with van der Waals surface area (Å²) >= 11 is 18.2. The smallest absolute Gasteiger partial charge is 0.329 e. The van der Waals surface area contributed by atoms with E-state index >= 15 is 0 Å². The summed E-state index contributed by atoms with van der Waals surface area (Å²) in [7, 11) is 0. The number of halogens is 3. The molecule has 4 saturated carbocycles. The van der Waals surface area contributed by atoms with Gasteiger partial charge in [0.1, 0.15) is 4.49 Å². The molecule has 0 radical (unpaired) electrons. The molecule has 0 amide bonds. The van der Waals surface area contributed by atoms with Crippen molar-refractivity contribution in [2.75, 3.05) is 0 Å². The molecule has 4 aliphatic carbocycles. The number of nitrogens with zero attached hydrogens (tertiary/aromatic N) is 1. The summed E-state index contributed by atoms with van der Waals surface area (Å²) in [6.45, 7) is 14.0. The molecule has 0 aromatic heterocycles. The third-order valence-corrected chi connectivity index (χ3v) is 12.0. The zero-order valence-corrected chi connectivity index (χ0v) is 22.2. The second kappa shape index (κ2) is 7.68. The van der Waals surface area contributed by atoms with Crippen molar-refractivity contribution in [2.45, 2.75) is 92.2 Å². The highest BCUT2D eigenvalue weighted by Crippen LogP contribution is 2.67. The molecule has 4 rings (SSSR count). The lowest BCUT2D eigenvalue weighted by atomic mass is 9.69. The second-order valence-corrected chi connectivity index (χ2v) is 13.5. The molecule has 5 nitrogen and oxygen atoms in total. The van der Waals surface area contributed by atoms with Gasteiger partial charge in [-0.05, 0) is 72.0 Å². The van der Waals surface area contributed by atoms with E-state index in [1.165, 1.54) is 12.8 Å². The molecule has 4 fully saturated rings. The molecule has 0 aromatic rings. The van der Waals surface area contributed by atoms with Crippen molar-refractivity contribution in [1.82, 2.24) is 10.6 Å². The Hall–Kier alpha value is -0.650. The first-order chi connectivity index (χ1) is 14.7. The van der Waals surface area contributed by atoms with Crippen LogP contribution in [-0.2, 0) is 0 Å². The van der Waals surface area contributed by atoms with Crippen LogP contribution in [0, 0.1) is 43.6 Å². The number of nitrogens with one attached hydrogen (secondary N) is 2. The summed E-state index contributed by atoms with van der Waals surface area (Å²) < 4.78 is -0.293. The van der Waals surface area contributed by atoms with Gasteiger partial charge in [-0.3, -0.25) is 10.1 Å². The van der Waals surface area contributed by atoms with Crippen LogP contribution < -0.4 is 10.6 Å². The molecule has 0 aromatic carbocycles. The minimum atomic E-state index is -0.468. The number of nitro groups is 1. The molecule has 32 heavy (non-hydrogen) atoms. The van der Waals surface area contributed by atoms with Crippen LogP contribution in [0.4, 0.5) is 0 Å². The molecule has 6 atom stereocenters. The van der Waals surface area contributed by atoms with Gasteiger partial charge < -0.3 is 10.6 Å². The van der Waals surface area contributed by atoms with Crippen LogP contribution >= 0.6 is 34.8 Å². The van der Waals surface area contributed by atoms with Gasteiger partial charge in [0.2, 0.25) is 0 Å². The Morgan fingerprint density at radius 1 is 0.844 bits per heavy atom. The summed E-state index contributed by atoms with van der Waals surface area (Å²) in [4.78, 5) is 11.7. The summed E-state index contributed by atoms with van der Waals surface area (Å²) in [6, 6.07) is 0.235. The second-order valence-electron chi connectivity index (χ2n) is 12.2. The van der Waals surface area contributed by atoms with E-state index in [0.717, 1.165) is 25.7 Å². The van der Waals surface area contributed by atoms with Gasteiger partial charge >= 0.3 is 5.70 Å². The van der Waals surface area contributed by atoms with E-state index in [4.69, 9.17) is 34.8 Å². The van der Waals surface area contributed by atoms with Crippen LogP contribution in [0.25, 0.3) is 0 Å². The molecule has 6 unspecified atom stereocenters. The highest BCUT2D eigenvalue weighted by molar-refractivity contribution is 6.59. The van der Waals surface area contributed by atoms with Gasteiger partial charge in [-0.2, -0.15) is 0 Å². The number of hydrogen-bond acceptors (Lipinski definition) is 4. The van der Waals surface area contributed by atoms with E-state index in [2.05, 4.69) is 52.2 Å². The molecule has 8 heteroatoms. The predicted octanol–water partition coefficient (Wildman–Crippen LogP) is 6.93. The normalized spacial score (nSPS) is 40.3. The first-order valence-corrected chi connectivity index (χ1v) is 12.9. The number of fused-ring (bicyclic) bond motifs is 4. The summed E-state index contributed by atoms with van der Waals surface area (Å²) in [6.07, 6.45) is 6.62. The Balaban J connectivity index is 1.73. The van der Waals surface area contributed by atoms with Crippen molar-refractivity contribution in [2.24, 2.45) is 33.5 Å². The van der Waals surface area contributed by atoms with Crippen LogP contribution in [0.2, 0.25) is 0 Å². The van der Waals surface area contributed by atoms with E-state index in [0.29, 0.717) is 17.7 Å². The average molecular weight is 505 g/mol. The lowest BCUT2D eigenvalue weighted by Crippen LogP contribution is -2.51. The largest absolute Gasteiger partial charge is 0.363 e. The van der Waals surface area contributed by atoms with Crippen LogP contribution in [0.15, 0.2) is 21.0 Å². The zero-order valence-electron chi connectivity index (χ0n) is 19.9. The molecule has 0 heterocycles. The first-order valence-electron chi connectivity index (χ1n) is 11.8. The summed E-state index contributed by atoms with van der Waals surface area (Å²) in [5.41, 5.74) is 0.180. The maximum Gasteiger partial charge on any atom is 0.329 e. The molecule has 0 aliphatic heterocycles. The fraction of sp³-hybridized carbons (Fsp3) is 0.833. The molecule has 180 valence electrons. The van der Waals surface area contributed by atoms with Gasteiger partial charge in [0.05, 0.1) is 4.92 Å². The molecule has 4 bridgehead atoms. The molecule has 2 N–H and O–H groups in total. The van der Waals surface area contributed by atoms with Crippen molar-refractivity contribution in [3.05, 3.63) is 31.2 Å². The van der Waals surface area contributed by atoms with Gasteiger partial charge in [-0.15, -0.1) is 0 Å². The van der Waals surface area contributed by atoms with E-state index in [1.54, 1.807) is 0 Å². The Morgan fingerprint density at radius 2 is 1.25 bits per heavy atom. The Bertz CT molecular complexity index is 847. The quantitative estimate of drug-likeness (QED) is 0.234. The van der Waals surface area contributed by atoms with Gasteiger partial charge in [-0.25, -0.2) is 0 Å². The Labute approximate surface area is 206 Å². The van der Waals surface area contributed by atoms with Gasteiger partial charge in [0, 0.05) is 12.1 Å². The zero-order chi connectivity index (χ0) is 23.9. The van der Waals surface area contributed by atoms with Gasteiger partial charge in [0.15, 0.2) is 10.9 Å². The number of hydrogen-bond donors (Lipinski definition) is 2. The standard InChI is InChI=1S/C24H36Cl3N3O2/c1-21(2)13-7-9-23(21,5)15(11-13)28-20(18(30(31)32)17(25)19(26)27)29-16-12-14-8-10-24(16,6)22(14,3)4/h13-16,28-29H,7-12H2,1-6H3. The SMILES string of the molecule is CC1(C)C2CCC1(C)C(NC(NC1CC3CCC1(C)C3(C)C)=C(C(Cl)=C(Cl)Cl)[N+](=O)[O-])C2. The van der Waals surface area contributed by atoms with Crippen molar-refractivity contribution in [1.29, 1.82) is 0 Å². The van der Waals surface area contributed by atoms with E-state index < -0.39 is 4.92 Å². The number of allylic oxidation sites excluding steroid dienone is 1. The third-order valence-electron chi connectivity index (χ3n) is 11.0. The monoisotopic (exact) mass is 503 g/mol. The molecule has 0 spiro atoms. The van der Waals surface area contributed by atoms with Crippen LogP contribution in [-0.4, -0.2) is 17.0 Å². The molecular formula is C24H36Cl3N3O2. The summed E-state index contributed by atoms with van der Waals surface area (Å²) in [5.74, 6) is 1.57. The lowest BCUT2D eigenvalue weighted by molar-refractivity contribution is -0.421. The highest BCUT2D eigenvalue weighted by Gasteiger charge is 2.63. The van der Waals surface area contributed by atoms with Crippen molar-refractivity contribution >= 4 is 34.8 Å². The Kier molecular flexibility index (Phi) is 5.87. The fourth-order valence-corrected chi connectivity index (χ4v) is 8.08. The van der Waals surface area contributed by atoms with E-state index in [1.807, 2.05) is 0 Å². The van der Waals surface area contributed by atoms with Crippen molar-refractivity contribution in [3.8, 4) is 0 Å². The van der Waals surface area contributed by atoms with Crippen molar-refractivity contribution < 1.29 is 4.92 Å². The Morgan fingerprint density at radius 3 is 1.50 bits per heavy atom. The first kappa shape index (κ1) is 24.5. The minimum Gasteiger partial charge on any atom is -0.363 e. The minimum absolute atomic E-state index is 0.0467. The van der Waals surface area contributed by atoms with Crippen LogP contribution in [0.5, 0.6) is 0 Å². The van der Waals surface area contributed by atoms with E-state index in [-0.39, 0.29) is 49.0 Å². The van der Waals surface area contributed by atoms with Gasteiger partial charge in [0.25, 0.3) is 0 Å². The van der Waals surface area contributed by atoms with Crippen LogP contribution in [0.3, 0.4) is 0 Å². The fourth-order valence-electron chi connectivity index (χ4n) is 7.74. The topological polar surface area (TPSA) is 67.2 Å². The van der Waals surface area contributed by atoms with E-state index in [9.17, 15) is 10.1 Å². The maximum atomic E-state index is 12.2. The predicted molar refractivity (Wildman–Crippen MR) is 131 cm³/mol. The summed E-state index contributed by atoms with van der Waals surface area (Å²) in [5, 5.41) is 19.1. The van der Waals surface area contributed by atoms with Crippen LogP contribution in [0.1, 0.15) is 80.1 Å². The molecule has 4 aliphatic rings. The highest BCUT2D eigenvalue weighted by atomic mass is 35.5. The maximum absolute atomic E-state index is 12.2. The van der Waals surface area contributed by atoms with Gasteiger partial charge in [-0.1, -0.05) is 76.3 Å². The average Bonchev–Trinajstić information content (AvgIpc) is 3.19. The molecule has 0 saturated heterocycles. The lowest BCUT2D eigenvalue weighted by Gasteiger charge is -2.42. The third kappa shape index (κ3) is 3.24.